The first-order chi connectivity index (χ1) is 10.3. The van der Waals surface area contributed by atoms with Gasteiger partial charge in [-0.25, -0.2) is 0 Å². The molecule has 3 rings (SSSR count). The SMILES string of the molecule is CCCN(C(=O)[C@H]1CCCCO1)C1Cc2ccccc2C1. The van der Waals surface area contributed by atoms with E-state index in [1.807, 2.05) is 0 Å². The smallest absolute Gasteiger partial charge is 0.251 e. The van der Waals surface area contributed by atoms with Crippen LogP contribution in [0.2, 0.25) is 0 Å². The first-order valence-corrected chi connectivity index (χ1v) is 8.28. The van der Waals surface area contributed by atoms with Crippen molar-refractivity contribution in [2.75, 3.05) is 13.2 Å². The first-order valence-electron chi connectivity index (χ1n) is 8.28. The molecule has 1 heterocycles. The highest BCUT2D eigenvalue weighted by molar-refractivity contribution is 5.81. The maximum atomic E-state index is 12.8. The van der Waals surface area contributed by atoms with Crippen molar-refractivity contribution in [3.05, 3.63) is 35.4 Å². The third-order valence-corrected chi connectivity index (χ3v) is 4.67. The van der Waals surface area contributed by atoms with E-state index in [4.69, 9.17) is 4.74 Å². The van der Waals surface area contributed by atoms with E-state index in [1.165, 1.54) is 11.1 Å². The maximum absolute atomic E-state index is 12.8. The highest BCUT2D eigenvalue weighted by Crippen LogP contribution is 2.27. The lowest BCUT2D eigenvalue weighted by molar-refractivity contribution is -0.148. The van der Waals surface area contributed by atoms with Gasteiger partial charge < -0.3 is 9.64 Å². The molecule has 2 aliphatic rings. The third kappa shape index (κ3) is 3.13. The van der Waals surface area contributed by atoms with Gasteiger partial charge in [0.15, 0.2) is 0 Å². The minimum atomic E-state index is -0.200. The Balaban J connectivity index is 1.71. The fraction of sp³-hybridized carbons (Fsp3) is 0.611. The number of benzene rings is 1. The Morgan fingerprint density at radius 1 is 1.24 bits per heavy atom. The molecule has 1 fully saturated rings. The van der Waals surface area contributed by atoms with Gasteiger partial charge in [-0.05, 0) is 49.7 Å². The largest absolute Gasteiger partial charge is 0.368 e. The summed E-state index contributed by atoms with van der Waals surface area (Å²) in [6.07, 6.45) is 5.88. The lowest BCUT2D eigenvalue weighted by atomic mass is 10.1. The van der Waals surface area contributed by atoms with Gasteiger partial charge in [0.1, 0.15) is 6.10 Å². The summed E-state index contributed by atoms with van der Waals surface area (Å²) in [6, 6.07) is 8.90. The Bertz CT molecular complexity index is 469. The molecule has 0 saturated carbocycles. The van der Waals surface area contributed by atoms with Gasteiger partial charge in [-0.3, -0.25) is 4.79 Å². The lowest BCUT2D eigenvalue weighted by Gasteiger charge is -2.33. The van der Waals surface area contributed by atoms with Crippen LogP contribution < -0.4 is 0 Å². The van der Waals surface area contributed by atoms with Crippen molar-refractivity contribution >= 4 is 5.91 Å². The Morgan fingerprint density at radius 2 is 1.95 bits per heavy atom. The Hall–Kier alpha value is -1.35. The summed E-state index contributed by atoms with van der Waals surface area (Å²) in [4.78, 5) is 14.9. The van der Waals surface area contributed by atoms with Crippen LogP contribution in [0.25, 0.3) is 0 Å². The van der Waals surface area contributed by atoms with E-state index in [0.29, 0.717) is 6.04 Å². The van der Waals surface area contributed by atoms with Crippen LogP contribution in [0, 0.1) is 0 Å². The van der Waals surface area contributed by atoms with Crippen LogP contribution in [-0.4, -0.2) is 36.1 Å². The molecule has 21 heavy (non-hydrogen) atoms. The molecule has 1 aliphatic heterocycles. The molecule has 0 aromatic heterocycles. The van der Waals surface area contributed by atoms with E-state index in [2.05, 4.69) is 36.1 Å². The second-order valence-electron chi connectivity index (χ2n) is 6.22. The average Bonchev–Trinajstić information content (AvgIpc) is 2.96. The molecule has 3 nitrogen and oxygen atoms in total. The molecule has 0 bridgehead atoms. The zero-order chi connectivity index (χ0) is 14.7. The summed E-state index contributed by atoms with van der Waals surface area (Å²) in [5.41, 5.74) is 2.81. The van der Waals surface area contributed by atoms with Crippen molar-refractivity contribution in [2.45, 2.75) is 57.6 Å². The summed E-state index contributed by atoms with van der Waals surface area (Å²) in [7, 11) is 0. The Labute approximate surface area is 127 Å². The van der Waals surface area contributed by atoms with Gasteiger partial charge in [-0.15, -0.1) is 0 Å². The number of fused-ring (bicyclic) bond motifs is 1. The van der Waals surface area contributed by atoms with Crippen LogP contribution in [0.5, 0.6) is 0 Å². The van der Waals surface area contributed by atoms with Gasteiger partial charge in [0.25, 0.3) is 5.91 Å². The number of rotatable bonds is 4. The number of carbonyl (C=O) groups excluding carboxylic acids is 1. The summed E-state index contributed by atoms with van der Waals surface area (Å²) < 4.78 is 5.71. The van der Waals surface area contributed by atoms with Crippen LogP contribution in [0.3, 0.4) is 0 Å². The number of hydrogen-bond acceptors (Lipinski definition) is 2. The molecule has 1 saturated heterocycles. The molecule has 0 N–H and O–H groups in total. The van der Waals surface area contributed by atoms with Crippen LogP contribution in [-0.2, 0) is 22.4 Å². The van der Waals surface area contributed by atoms with Gasteiger partial charge in [0.05, 0.1) is 0 Å². The quantitative estimate of drug-likeness (QED) is 0.852. The fourth-order valence-corrected chi connectivity index (χ4v) is 3.59. The minimum Gasteiger partial charge on any atom is -0.368 e. The van der Waals surface area contributed by atoms with Crippen LogP contribution >= 0.6 is 0 Å². The molecule has 0 spiro atoms. The summed E-state index contributed by atoms with van der Waals surface area (Å²) in [6.45, 7) is 3.72. The Kier molecular flexibility index (Phi) is 4.59. The van der Waals surface area contributed by atoms with Crippen molar-refractivity contribution in [2.24, 2.45) is 0 Å². The van der Waals surface area contributed by atoms with Crippen molar-refractivity contribution in [3.8, 4) is 0 Å². The molecular formula is C18H25NO2. The molecule has 1 amide bonds. The summed E-state index contributed by atoms with van der Waals surface area (Å²) >= 11 is 0. The van der Waals surface area contributed by atoms with Crippen molar-refractivity contribution < 1.29 is 9.53 Å². The molecule has 1 atom stereocenters. The van der Waals surface area contributed by atoms with Gasteiger partial charge >= 0.3 is 0 Å². The lowest BCUT2D eigenvalue weighted by Crippen LogP contribution is -2.48. The predicted octanol–water partition coefficient (Wildman–Crippen LogP) is 2.96. The van der Waals surface area contributed by atoms with E-state index < -0.39 is 0 Å². The number of nitrogens with zero attached hydrogens (tertiary/aromatic N) is 1. The standard InChI is InChI=1S/C18H25NO2/c1-2-10-19(18(20)17-9-5-6-11-21-17)16-12-14-7-3-4-8-15(14)13-16/h3-4,7-8,16-17H,2,5-6,9-13H2,1H3/t17-/m1/s1. The van der Waals surface area contributed by atoms with E-state index in [0.717, 1.165) is 51.7 Å². The van der Waals surface area contributed by atoms with E-state index in [9.17, 15) is 4.79 Å². The van der Waals surface area contributed by atoms with Crippen LogP contribution in [0.15, 0.2) is 24.3 Å². The van der Waals surface area contributed by atoms with Gasteiger partial charge in [0.2, 0.25) is 0 Å². The van der Waals surface area contributed by atoms with Gasteiger partial charge in [-0.2, -0.15) is 0 Å². The highest BCUT2D eigenvalue weighted by Gasteiger charge is 2.33. The molecule has 1 aliphatic carbocycles. The number of ether oxygens (including phenoxy) is 1. The molecule has 1 aromatic rings. The molecule has 1 aromatic carbocycles. The monoisotopic (exact) mass is 287 g/mol. The molecule has 3 heteroatoms. The van der Waals surface area contributed by atoms with E-state index >= 15 is 0 Å². The van der Waals surface area contributed by atoms with Crippen molar-refractivity contribution in [1.82, 2.24) is 4.90 Å². The van der Waals surface area contributed by atoms with E-state index in [-0.39, 0.29) is 12.0 Å². The predicted molar refractivity (Wildman–Crippen MR) is 83.2 cm³/mol. The molecule has 114 valence electrons. The zero-order valence-electron chi connectivity index (χ0n) is 12.9. The Morgan fingerprint density at radius 3 is 2.52 bits per heavy atom. The molecule has 0 radical (unpaired) electrons. The topological polar surface area (TPSA) is 29.5 Å². The normalized spacial score (nSPS) is 22.0. The van der Waals surface area contributed by atoms with Gasteiger partial charge in [-0.1, -0.05) is 31.2 Å². The minimum absolute atomic E-state index is 0.200. The number of carbonyl (C=O) groups is 1. The van der Waals surface area contributed by atoms with Crippen molar-refractivity contribution in [3.63, 3.8) is 0 Å². The second-order valence-corrected chi connectivity index (χ2v) is 6.22. The number of amides is 1. The summed E-state index contributed by atoms with van der Waals surface area (Å²) in [5, 5.41) is 0. The van der Waals surface area contributed by atoms with E-state index in [1.54, 1.807) is 0 Å². The molecular weight excluding hydrogens is 262 g/mol. The van der Waals surface area contributed by atoms with Crippen molar-refractivity contribution in [1.29, 1.82) is 0 Å². The number of hydrogen-bond donors (Lipinski definition) is 0. The second kappa shape index (κ2) is 6.61. The maximum Gasteiger partial charge on any atom is 0.251 e. The summed E-state index contributed by atoms with van der Waals surface area (Å²) in [5.74, 6) is 0.217. The first kappa shape index (κ1) is 14.6. The van der Waals surface area contributed by atoms with Gasteiger partial charge in [0, 0.05) is 19.2 Å². The van der Waals surface area contributed by atoms with Crippen LogP contribution in [0.1, 0.15) is 43.7 Å². The zero-order valence-corrected chi connectivity index (χ0v) is 12.9. The fourth-order valence-electron chi connectivity index (χ4n) is 3.59. The highest BCUT2D eigenvalue weighted by atomic mass is 16.5. The third-order valence-electron chi connectivity index (χ3n) is 4.67. The average molecular weight is 287 g/mol. The van der Waals surface area contributed by atoms with Crippen LogP contribution in [0.4, 0.5) is 0 Å². The molecule has 0 unspecified atom stereocenters.